The molecule has 0 bridgehead atoms. The summed E-state index contributed by atoms with van der Waals surface area (Å²) in [5, 5.41) is 19.9. The Labute approximate surface area is 210 Å². The van der Waals surface area contributed by atoms with E-state index in [4.69, 9.17) is 8.83 Å². The minimum atomic E-state index is -1.18. The van der Waals surface area contributed by atoms with Crippen molar-refractivity contribution >= 4 is 35.8 Å². The van der Waals surface area contributed by atoms with Crippen molar-refractivity contribution in [3.8, 4) is 0 Å². The second-order valence-electron chi connectivity index (χ2n) is 7.70. The van der Waals surface area contributed by atoms with E-state index in [1.54, 1.807) is 31.4 Å². The molecule has 2 heterocycles. The minimum Gasteiger partial charge on any atom is -0.467 e. The molecule has 0 saturated heterocycles. The van der Waals surface area contributed by atoms with Crippen molar-refractivity contribution in [3.05, 3.63) is 83.2 Å². The van der Waals surface area contributed by atoms with Crippen LogP contribution in [0.1, 0.15) is 47.0 Å². The summed E-state index contributed by atoms with van der Waals surface area (Å²) in [5.74, 6) is 2.31. The van der Waals surface area contributed by atoms with Crippen LogP contribution in [0.3, 0.4) is 0 Å². The van der Waals surface area contributed by atoms with Crippen LogP contribution in [-0.2, 0) is 18.7 Å². The van der Waals surface area contributed by atoms with Crippen LogP contribution in [0.2, 0.25) is 0 Å². The van der Waals surface area contributed by atoms with E-state index in [1.165, 1.54) is 0 Å². The molecule has 1 unspecified atom stereocenters. The zero-order valence-corrected chi connectivity index (χ0v) is 21.4. The van der Waals surface area contributed by atoms with E-state index in [9.17, 15) is 9.90 Å². The number of aryl methyl sites for hydroxylation is 1. The van der Waals surface area contributed by atoms with E-state index < -0.39 is 5.60 Å². The van der Waals surface area contributed by atoms with Gasteiger partial charge < -0.3 is 29.9 Å². The van der Waals surface area contributed by atoms with Crippen molar-refractivity contribution in [3.63, 3.8) is 0 Å². The van der Waals surface area contributed by atoms with Crippen LogP contribution < -0.4 is 16.0 Å². The molecule has 0 aliphatic rings. The highest BCUT2D eigenvalue weighted by atomic mass is 127. The molecule has 3 rings (SSSR count). The van der Waals surface area contributed by atoms with Crippen LogP contribution in [0, 0.1) is 6.92 Å². The number of hydrogen-bond acceptors (Lipinski definition) is 5. The number of amides is 1. The quantitative estimate of drug-likeness (QED) is 0.179. The van der Waals surface area contributed by atoms with Gasteiger partial charge in [-0.1, -0.05) is 12.1 Å². The van der Waals surface area contributed by atoms with Gasteiger partial charge in [0, 0.05) is 12.1 Å². The Balaban J connectivity index is 0.00000385. The van der Waals surface area contributed by atoms with Crippen molar-refractivity contribution in [2.24, 2.45) is 4.99 Å². The molecule has 9 heteroatoms. The van der Waals surface area contributed by atoms with Crippen molar-refractivity contribution < 1.29 is 18.7 Å². The average molecular weight is 566 g/mol. The Morgan fingerprint density at radius 2 is 1.94 bits per heavy atom. The molecule has 1 atom stereocenters. The topological polar surface area (TPSA) is 112 Å². The maximum atomic E-state index is 12.4. The van der Waals surface area contributed by atoms with Crippen LogP contribution in [0.5, 0.6) is 0 Å². The Morgan fingerprint density at radius 1 is 1.12 bits per heavy atom. The molecule has 0 aliphatic carbocycles. The molecule has 0 fully saturated rings. The molecule has 178 valence electrons. The summed E-state index contributed by atoms with van der Waals surface area (Å²) in [4.78, 5) is 17.0. The Morgan fingerprint density at radius 3 is 2.61 bits per heavy atom. The number of furan rings is 2. The number of aliphatic hydroxyl groups is 1. The summed E-state index contributed by atoms with van der Waals surface area (Å²) in [7, 11) is 0. The number of guanidine groups is 1. The minimum absolute atomic E-state index is 0. The highest BCUT2D eigenvalue weighted by Gasteiger charge is 2.27. The second kappa shape index (κ2) is 12.4. The molecule has 0 spiro atoms. The fourth-order valence-corrected chi connectivity index (χ4v) is 3.07. The normalized spacial score (nSPS) is 13.0. The van der Waals surface area contributed by atoms with E-state index in [0.717, 1.165) is 11.3 Å². The van der Waals surface area contributed by atoms with Crippen LogP contribution in [-0.4, -0.2) is 30.1 Å². The van der Waals surface area contributed by atoms with Crippen LogP contribution in [0.25, 0.3) is 0 Å². The molecular weight excluding hydrogens is 535 g/mol. The number of hydrogen-bond donors (Lipinski definition) is 4. The van der Waals surface area contributed by atoms with E-state index in [1.807, 2.05) is 44.2 Å². The van der Waals surface area contributed by atoms with E-state index in [0.29, 0.717) is 42.7 Å². The summed E-state index contributed by atoms with van der Waals surface area (Å²) in [6.07, 6.45) is 1.57. The Kier molecular flexibility index (Phi) is 9.98. The van der Waals surface area contributed by atoms with Crippen molar-refractivity contribution in [2.45, 2.75) is 39.5 Å². The van der Waals surface area contributed by atoms with Crippen molar-refractivity contribution in [1.29, 1.82) is 0 Å². The molecule has 3 aromatic rings. The molecule has 2 aromatic heterocycles. The molecule has 0 aliphatic heterocycles. The van der Waals surface area contributed by atoms with Gasteiger partial charge in [-0.05, 0) is 62.7 Å². The van der Waals surface area contributed by atoms with Gasteiger partial charge in [0.2, 0.25) is 0 Å². The molecule has 0 radical (unpaired) electrons. The largest absolute Gasteiger partial charge is 0.467 e. The van der Waals surface area contributed by atoms with Crippen molar-refractivity contribution in [1.82, 2.24) is 16.0 Å². The number of benzene rings is 1. The number of halogens is 1. The smallest absolute Gasteiger partial charge is 0.251 e. The highest BCUT2D eigenvalue weighted by molar-refractivity contribution is 14.0. The number of rotatable bonds is 9. The van der Waals surface area contributed by atoms with Gasteiger partial charge in [0.15, 0.2) is 5.96 Å². The van der Waals surface area contributed by atoms with Gasteiger partial charge >= 0.3 is 0 Å². The Bertz CT molecular complexity index is 1040. The first kappa shape index (κ1) is 26.5. The summed E-state index contributed by atoms with van der Waals surface area (Å²) in [6.45, 7) is 7.09. The maximum Gasteiger partial charge on any atom is 0.251 e. The van der Waals surface area contributed by atoms with E-state index >= 15 is 0 Å². The van der Waals surface area contributed by atoms with Crippen LogP contribution >= 0.6 is 24.0 Å². The van der Waals surface area contributed by atoms with Crippen LogP contribution in [0.15, 0.2) is 68.6 Å². The first-order valence-electron chi connectivity index (χ1n) is 10.6. The van der Waals surface area contributed by atoms with Gasteiger partial charge in [0.05, 0.1) is 25.9 Å². The van der Waals surface area contributed by atoms with Gasteiger partial charge in [0.1, 0.15) is 22.9 Å². The molecule has 33 heavy (non-hydrogen) atoms. The summed E-state index contributed by atoms with van der Waals surface area (Å²) >= 11 is 0. The lowest BCUT2D eigenvalue weighted by molar-refractivity contribution is 0.0378. The van der Waals surface area contributed by atoms with Gasteiger partial charge in [-0.25, -0.2) is 4.99 Å². The van der Waals surface area contributed by atoms with Gasteiger partial charge in [0.25, 0.3) is 5.91 Å². The summed E-state index contributed by atoms with van der Waals surface area (Å²) in [6, 6.07) is 14.5. The lowest BCUT2D eigenvalue weighted by Crippen LogP contribution is -2.44. The molecule has 1 amide bonds. The highest BCUT2D eigenvalue weighted by Crippen LogP contribution is 2.21. The standard InChI is InChI=1S/C24H30N4O4.HI/c1-4-25-23(28-16-24(3,30)21-11-10-17(2)32-21)27-14-18-7-5-8-19(13-18)22(29)26-15-20-9-6-12-31-20;/h5-13,30H,4,14-16H2,1-3H3,(H,26,29)(H2,25,27,28);1H. The van der Waals surface area contributed by atoms with Crippen LogP contribution in [0.4, 0.5) is 0 Å². The monoisotopic (exact) mass is 566 g/mol. The summed E-state index contributed by atoms with van der Waals surface area (Å²) < 4.78 is 10.8. The summed E-state index contributed by atoms with van der Waals surface area (Å²) in [5.41, 5.74) is 0.260. The lowest BCUT2D eigenvalue weighted by atomic mass is 10.0. The molecule has 8 nitrogen and oxygen atoms in total. The fraction of sp³-hybridized carbons (Fsp3) is 0.333. The first-order valence-corrected chi connectivity index (χ1v) is 10.6. The van der Waals surface area contributed by atoms with Gasteiger partial charge in [-0.2, -0.15) is 0 Å². The zero-order valence-electron chi connectivity index (χ0n) is 19.1. The third-order valence-corrected chi connectivity index (χ3v) is 4.83. The molecule has 4 N–H and O–H groups in total. The zero-order chi connectivity index (χ0) is 23.0. The number of nitrogens with one attached hydrogen (secondary N) is 3. The fourth-order valence-electron chi connectivity index (χ4n) is 3.07. The first-order chi connectivity index (χ1) is 15.4. The van der Waals surface area contributed by atoms with Gasteiger partial charge in [-0.15, -0.1) is 24.0 Å². The predicted molar refractivity (Wildman–Crippen MR) is 138 cm³/mol. The Hall–Kier alpha value is -2.79. The van der Waals surface area contributed by atoms with E-state index in [-0.39, 0.29) is 36.4 Å². The van der Waals surface area contributed by atoms with E-state index in [2.05, 4.69) is 20.9 Å². The SMILES string of the molecule is CCNC(=NCc1cccc(C(=O)NCc2ccco2)c1)NCC(C)(O)c1ccc(C)o1.I. The lowest BCUT2D eigenvalue weighted by Gasteiger charge is -2.22. The third kappa shape index (κ3) is 7.93. The van der Waals surface area contributed by atoms with Gasteiger partial charge in [-0.3, -0.25) is 4.79 Å². The molecule has 0 saturated carbocycles. The number of nitrogens with zero attached hydrogens (tertiary/aromatic N) is 1. The predicted octanol–water partition coefficient (Wildman–Crippen LogP) is 3.69. The second-order valence-corrected chi connectivity index (χ2v) is 7.70. The molecular formula is C24H31IN4O4. The average Bonchev–Trinajstić information content (AvgIpc) is 3.46. The number of carbonyl (C=O) groups is 1. The third-order valence-electron chi connectivity index (χ3n) is 4.83. The maximum absolute atomic E-state index is 12.4. The number of carbonyl (C=O) groups excluding carboxylic acids is 1. The van der Waals surface area contributed by atoms with Crippen molar-refractivity contribution in [2.75, 3.05) is 13.1 Å². The number of aliphatic imine (C=N–C) groups is 1. The molecule has 1 aromatic carbocycles.